The molecule has 3 amide bonds. The van der Waals surface area contributed by atoms with Crippen LogP contribution < -0.4 is 10.0 Å². The first kappa shape index (κ1) is 33.2. The number of nitrogens with one attached hydrogen (secondary N) is 3. The number of aryl methyl sites for hydroxylation is 2. The molecule has 5 aromatic rings. The van der Waals surface area contributed by atoms with E-state index in [1.54, 1.807) is 25.4 Å². The van der Waals surface area contributed by atoms with Crippen LogP contribution in [0.15, 0.2) is 103 Å². The summed E-state index contributed by atoms with van der Waals surface area (Å²) >= 11 is 0. The summed E-state index contributed by atoms with van der Waals surface area (Å²) in [5, 5.41) is 3.63. The molecule has 0 bridgehead atoms. The first-order chi connectivity index (χ1) is 22.4. The normalized spacial score (nSPS) is 12.7. The van der Waals surface area contributed by atoms with Gasteiger partial charge in [0.25, 0.3) is 11.8 Å². The van der Waals surface area contributed by atoms with E-state index in [4.69, 9.17) is 0 Å². The van der Waals surface area contributed by atoms with Gasteiger partial charge in [-0.3, -0.25) is 19.1 Å². The molecule has 4 aromatic carbocycles. The number of para-hydroxylation sites is 1. The highest BCUT2D eigenvalue weighted by atomic mass is 32.2. The monoisotopic (exact) mass is 650 g/mol. The largest absolute Gasteiger partial charge is 0.361 e. The Bertz CT molecular complexity index is 2000. The van der Waals surface area contributed by atoms with Crippen molar-refractivity contribution in [3.8, 4) is 11.1 Å². The fourth-order valence-electron chi connectivity index (χ4n) is 5.79. The van der Waals surface area contributed by atoms with E-state index in [9.17, 15) is 22.8 Å². The Morgan fingerprint density at radius 1 is 0.787 bits per heavy atom. The molecular formula is C37H38N4O5S. The minimum Gasteiger partial charge on any atom is -0.361 e. The summed E-state index contributed by atoms with van der Waals surface area (Å²) < 4.78 is 26.1. The summed E-state index contributed by atoms with van der Waals surface area (Å²) in [5.41, 5.74) is 6.68. The van der Waals surface area contributed by atoms with E-state index in [0.29, 0.717) is 5.56 Å². The van der Waals surface area contributed by atoms with Crippen LogP contribution in [-0.2, 0) is 32.5 Å². The van der Waals surface area contributed by atoms with Gasteiger partial charge in [-0.25, -0.2) is 8.42 Å². The molecule has 242 valence electrons. The summed E-state index contributed by atoms with van der Waals surface area (Å²) in [7, 11) is -2.36. The molecule has 0 aliphatic rings. The average Bonchev–Trinajstić information content (AvgIpc) is 3.44. The molecule has 1 heterocycles. The van der Waals surface area contributed by atoms with Crippen LogP contribution in [-0.4, -0.2) is 61.4 Å². The van der Waals surface area contributed by atoms with Crippen LogP contribution in [0.25, 0.3) is 22.0 Å². The highest BCUT2D eigenvalue weighted by Crippen LogP contribution is 2.22. The second kappa shape index (κ2) is 14.0. The number of rotatable bonds is 11. The van der Waals surface area contributed by atoms with Crippen molar-refractivity contribution in [2.24, 2.45) is 0 Å². The van der Waals surface area contributed by atoms with Crippen molar-refractivity contribution in [1.29, 1.82) is 0 Å². The van der Waals surface area contributed by atoms with Crippen molar-refractivity contribution in [1.82, 2.24) is 19.9 Å². The lowest BCUT2D eigenvalue weighted by atomic mass is 9.98. The third-order valence-corrected chi connectivity index (χ3v) is 8.64. The Morgan fingerprint density at radius 3 is 2.06 bits per heavy atom. The van der Waals surface area contributed by atoms with Crippen LogP contribution in [0.5, 0.6) is 0 Å². The number of sulfonamides is 1. The van der Waals surface area contributed by atoms with E-state index in [0.717, 1.165) is 50.5 Å². The Morgan fingerprint density at radius 2 is 1.40 bits per heavy atom. The number of benzene rings is 4. The highest BCUT2D eigenvalue weighted by molar-refractivity contribution is 7.89. The second-order valence-corrected chi connectivity index (χ2v) is 13.7. The topological polar surface area (TPSA) is 128 Å². The van der Waals surface area contributed by atoms with Crippen molar-refractivity contribution in [2.45, 2.75) is 38.8 Å². The summed E-state index contributed by atoms with van der Waals surface area (Å²) in [5.74, 6) is -1.82. The lowest BCUT2D eigenvalue weighted by Gasteiger charge is -2.29. The van der Waals surface area contributed by atoms with Crippen molar-refractivity contribution in [3.63, 3.8) is 0 Å². The van der Waals surface area contributed by atoms with Crippen LogP contribution in [0.1, 0.15) is 32.6 Å². The molecule has 3 N–H and O–H groups in total. The number of hydrogen-bond donors (Lipinski definition) is 3. The molecule has 0 fully saturated rings. The van der Waals surface area contributed by atoms with Gasteiger partial charge in [0, 0.05) is 42.6 Å². The number of likely N-dealkylation sites (N-methyl/N-ethyl adjacent to an activating group) is 1. The Hall–Kier alpha value is -5.22. The summed E-state index contributed by atoms with van der Waals surface area (Å²) in [6.07, 6.45) is 2.79. The number of nitrogens with zero attached hydrogens (tertiary/aromatic N) is 1. The van der Waals surface area contributed by atoms with Crippen LogP contribution >= 0.6 is 0 Å². The van der Waals surface area contributed by atoms with Gasteiger partial charge in [-0.2, -0.15) is 0 Å². The Labute approximate surface area is 275 Å². The summed E-state index contributed by atoms with van der Waals surface area (Å²) in [6, 6.07) is 28.4. The smallest absolute Gasteiger partial charge is 0.256 e. The SMILES string of the molecule is Cc1cc(C)cc(C(=O)N(C)[C@H](Cc2ccc(-c3ccccc3)cc2)C(=O)N[C@@H](Cc2c[nH]c3ccccc23)C(=O)NS(C)(=O)=O)c1. The van der Waals surface area contributed by atoms with Crippen molar-refractivity contribution in [3.05, 3.63) is 131 Å². The van der Waals surface area contributed by atoms with Gasteiger partial charge in [0.15, 0.2) is 0 Å². The van der Waals surface area contributed by atoms with Gasteiger partial charge < -0.3 is 15.2 Å². The fraction of sp³-hybridized carbons (Fsp3) is 0.216. The van der Waals surface area contributed by atoms with Gasteiger partial charge in [-0.15, -0.1) is 0 Å². The summed E-state index contributed by atoms with van der Waals surface area (Å²) in [4.78, 5) is 45.8. The maximum Gasteiger partial charge on any atom is 0.256 e. The zero-order valence-electron chi connectivity index (χ0n) is 26.8. The van der Waals surface area contributed by atoms with Crippen LogP contribution in [0, 0.1) is 13.8 Å². The number of hydrogen-bond acceptors (Lipinski definition) is 5. The number of carbonyl (C=O) groups is 3. The number of fused-ring (bicyclic) bond motifs is 1. The van der Waals surface area contributed by atoms with Crippen molar-refractivity contribution < 1.29 is 22.8 Å². The van der Waals surface area contributed by atoms with Crippen molar-refractivity contribution >= 4 is 38.6 Å². The molecule has 0 spiro atoms. The maximum absolute atomic E-state index is 14.2. The van der Waals surface area contributed by atoms with Gasteiger partial charge in [0.05, 0.1) is 6.26 Å². The van der Waals surface area contributed by atoms with E-state index in [1.807, 2.05) is 103 Å². The molecular weight excluding hydrogens is 612 g/mol. The maximum atomic E-state index is 14.2. The standard InChI is InChI=1S/C37H38N4O5S/c1-24-18-25(2)20-29(19-24)37(44)41(3)34(21-26-14-16-28(17-15-26)27-10-6-5-7-11-27)36(43)39-33(35(42)40-47(4,45)46)22-30-23-38-32-13-9-8-12-31(30)32/h5-20,23,33-34,38H,21-22H2,1-4H3,(H,39,43)(H,40,42)/t33-,34+/m0/s1. The number of aromatic amines is 1. The first-order valence-corrected chi connectivity index (χ1v) is 17.1. The molecule has 0 unspecified atom stereocenters. The lowest BCUT2D eigenvalue weighted by molar-refractivity contribution is -0.130. The molecule has 0 aliphatic carbocycles. The predicted molar refractivity (Wildman–Crippen MR) is 184 cm³/mol. The number of aromatic nitrogens is 1. The Balaban J connectivity index is 1.47. The van der Waals surface area contributed by atoms with Gasteiger partial charge in [0.1, 0.15) is 12.1 Å². The number of H-pyrrole nitrogens is 1. The Kier molecular flexibility index (Phi) is 9.91. The lowest BCUT2D eigenvalue weighted by Crippen LogP contribution is -2.55. The van der Waals surface area contributed by atoms with E-state index >= 15 is 0 Å². The summed E-state index contributed by atoms with van der Waals surface area (Å²) in [6.45, 7) is 3.80. The number of amides is 3. The molecule has 0 radical (unpaired) electrons. The third kappa shape index (κ3) is 8.33. The van der Waals surface area contributed by atoms with Crippen LogP contribution in [0.3, 0.4) is 0 Å². The van der Waals surface area contributed by atoms with Crippen molar-refractivity contribution in [2.75, 3.05) is 13.3 Å². The van der Waals surface area contributed by atoms with Gasteiger partial charge in [-0.05, 0) is 54.3 Å². The zero-order valence-corrected chi connectivity index (χ0v) is 27.6. The van der Waals surface area contributed by atoms with Gasteiger partial charge >= 0.3 is 0 Å². The van der Waals surface area contributed by atoms with Crippen LogP contribution in [0.4, 0.5) is 0 Å². The quantitative estimate of drug-likeness (QED) is 0.187. The first-order valence-electron chi connectivity index (χ1n) is 15.2. The number of carbonyl (C=O) groups excluding carboxylic acids is 3. The van der Waals surface area contributed by atoms with E-state index in [1.165, 1.54) is 4.90 Å². The molecule has 0 saturated carbocycles. The van der Waals surface area contributed by atoms with E-state index in [-0.39, 0.29) is 18.7 Å². The minimum atomic E-state index is -3.92. The average molecular weight is 651 g/mol. The molecule has 47 heavy (non-hydrogen) atoms. The van der Waals surface area contributed by atoms with E-state index < -0.39 is 33.9 Å². The van der Waals surface area contributed by atoms with E-state index in [2.05, 4.69) is 10.3 Å². The third-order valence-electron chi connectivity index (χ3n) is 8.07. The molecule has 0 saturated heterocycles. The predicted octanol–water partition coefficient (Wildman–Crippen LogP) is 4.94. The molecule has 1 aromatic heterocycles. The van der Waals surface area contributed by atoms with Gasteiger partial charge in [0.2, 0.25) is 15.9 Å². The molecule has 5 rings (SSSR count). The second-order valence-electron chi connectivity index (χ2n) is 11.9. The fourth-order valence-corrected chi connectivity index (χ4v) is 6.30. The molecule has 10 heteroatoms. The van der Waals surface area contributed by atoms with Crippen LogP contribution in [0.2, 0.25) is 0 Å². The molecule has 2 atom stereocenters. The van der Waals surface area contributed by atoms with Gasteiger partial charge in [-0.1, -0.05) is 90.0 Å². The molecule has 0 aliphatic heterocycles. The molecule has 9 nitrogen and oxygen atoms in total. The zero-order chi connectivity index (χ0) is 33.7. The highest BCUT2D eigenvalue weighted by Gasteiger charge is 2.32. The minimum absolute atomic E-state index is 0.0182.